The third kappa shape index (κ3) is 5.12. The molecule has 0 radical (unpaired) electrons. The molecule has 3 rings (SSSR count). The SMILES string of the molecule is CCc1ccccc1NC(=O)N1CCC(C)(C(=O)NCc2cccc(OC)c2)CC1. The zero-order valence-corrected chi connectivity index (χ0v) is 18.0. The van der Waals surface area contributed by atoms with Crippen molar-refractivity contribution in [2.45, 2.75) is 39.7 Å². The lowest BCUT2D eigenvalue weighted by molar-refractivity contribution is -0.132. The van der Waals surface area contributed by atoms with Crippen LogP contribution < -0.4 is 15.4 Å². The third-order valence-electron chi connectivity index (χ3n) is 5.93. The van der Waals surface area contributed by atoms with Gasteiger partial charge in [0.15, 0.2) is 0 Å². The van der Waals surface area contributed by atoms with Gasteiger partial charge in [-0.25, -0.2) is 4.79 Å². The molecule has 0 aromatic heterocycles. The Hall–Kier alpha value is -3.02. The zero-order valence-electron chi connectivity index (χ0n) is 18.0. The Balaban J connectivity index is 1.52. The Morgan fingerprint density at radius 1 is 1.10 bits per heavy atom. The first-order valence-electron chi connectivity index (χ1n) is 10.5. The van der Waals surface area contributed by atoms with E-state index >= 15 is 0 Å². The highest BCUT2D eigenvalue weighted by atomic mass is 16.5. The van der Waals surface area contributed by atoms with Crippen molar-refractivity contribution in [2.75, 3.05) is 25.5 Å². The van der Waals surface area contributed by atoms with Crippen molar-refractivity contribution >= 4 is 17.6 Å². The second-order valence-corrected chi connectivity index (χ2v) is 8.02. The molecule has 6 nitrogen and oxygen atoms in total. The molecule has 2 aromatic carbocycles. The van der Waals surface area contributed by atoms with Crippen molar-refractivity contribution < 1.29 is 14.3 Å². The maximum Gasteiger partial charge on any atom is 0.321 e. The number of benzene rings is 2. The minimum absolute atomic E-state index is 0.0294. The summed E-state index contributed by atoms with van der Waals surface area (Å²) in [7, 11) is 1.63. The van der Waals surface area contributed by atoms with E-state index in [1.807, 2.05) is 55.5 Å². The number of anilines is 1. The van der Waals surface area contributed by atoms with Gasteiger partial charge in [-0.2, -0.15) is 0 Å². The van der Waals surface area contributed by atoms with Gasteiger partial charge in [-0.3, -0.25) is 4.79 Å². The fourth-order valence-corrected chi connectivity index (χ4v) is 3.75. The van der Waals surface area contributed by atoms with Gasteiger partial charge in [-0.1, -0.05) is 44.2 Å². The average molecular weight is 410 g/mol. The number of rotatable bonds is 6. The van der Waals surface area contributed by atoms with Gasteiger partial charge >= 0.3 is 6.03 Å². The first-order chi connectivity index (χ1) is 14.4. The second-order valence-electron chi connectivity index (χ2n) is 8.02. The van der Waals surface area contributed by atoms with Gasteiger partial charge in [-0.05, 0) is 48.6 Å². The van der Waals surface area contributed by atoms with E-state index in [-0.39, 0.29) is 11.9 Å². The molecule has 2 aromatic rings. The topological polar surface area (TPSA) is 70.7 Å². The minimum atomic E-state index is -0.475. The summed E-state index contributed by atoms with van der Waals surface area (Å²) in [4.78, 5) is 27.3. The summed E-state index contributed by atoms with van der Waals surface area (Å²) < 4.78 is 5.23. The van der Waals surface area contributed by atoms with Gasteiger partial charge in [-0.15, -0.1) is 0 Å². The van der Waals surface area contributed by atoms with Crippen molar-refractivity contribution in [3.05, 3.63) is 59.7 Å². The predicted octanol–water partition coefficient (Wildman–Crippen LogP) is 4.21. The van der Waals surface area contributed by atoms with Gasteiger partial charge in [0.25, 0.3) is 0 Å². The number of methoxy groups -OCH3 is 1. The summed E-state index contributed by atoms with van der Waals surface area (Å²) in [5.41, 5.74) is 2.49. The van der Waals surface area contributed by atoms with Crippen LogP contribution in [0.2, 0.25) is 0 Å². The lowest BCUT2D eigenvalue weighted by atomic mass is 9.79. The fraction of sp³-hybridized carbons (Fsp3) is 0.417. The van der Waals surface area contributed by atoms with E-state index in [0.29, 0.717) is 32.5 Å². The van der Waals surface area contributed by atoms with Crippen LogP contribution in [-0.4, -0.2) is 37.0 Å². The number of para-hydroxylation sites is 1. The summed E-state index contributed by atoms with van der Waals surface area (Å²) in [6.45, 7) is 5.63. The van der Waals surface area contributed by atoms with Gasteiger partial charge in [0.05, 0.1) is 7.11 Å². The lowest BCUT2D eigenvalue weighted by Crippen LogP contribution is -2.49. The van der Waals surface area contributed by atoms with Crippen LogP contribution in [0.4, 0.5) is 10.5 Å². The van der Waals surface area contributed by atoms with E-state index in [0.717, 1.165) is 29.0 Å². The smallest absolute Gasteiger partial charge is 0.321 e. The molecule has 1 aliphatic heterocycles. The quantitative estimate of drug-likeness (QED) is 0.751. The number of ether oxygens (including phenoxy) is 1. The molecule has 0 saturated carbocycles. The highest BCUT2D eigenvalue weighted by Crippen LogP contribution is 2.31. The number of amides is 3. The molecular formula is C24H31N3O3. The minimum Gasteiger partial charge on any atom is -0.497 e. The molecule has 1 aliphatic rings. The first kappa shape index (κ1) is 21.7. The Bertz CT molecular complexity index is 889. The van der Waals surface area contributed by atoms with Crippen LogP contribution in [0.3, 0.4) is 0 Å². The Morgan fingerprint density at radius 2 is 1.83 bits per heavy atom. The number of piperidine rings is 1. The molecule has 3 amide bonds. The maximum absolute atomic E-state index is 12.8. The summed E-state index contributed by atoms with van der Waals surface area (Å²) in [5.74, 6) is 0.804. The number of likely N-dealkylation sites (tertiary alicyclic amines) is 1. The van der Waals surface area contributed by atoms with Gasteiger partial charge in [0.2, 0.25) is 5.91 Å². The number of hydrogen-bond donors (Lipinski definition) is 2. The Morgan fingerprint density at radius 3 is 2.53 bits per heavy atom. The molecule has 6 heteroatoms. The number of hydrogen-bond acceptors (Lipinski definition) is 3. The summed E-state index contributed by atoms with van der Waals surface area (Å²) in [6, 6.07) is 15.4. The monoisotopic (exact) mass is 409 g/mol. The number of urea groups is 1. The number of aryl methyl sites for hydroxylation is 1. The highest BCUT2D eigenvalue weighted by Gasteiger charge is 2.38. The molecule has 30 heavy (non-hydrogen) atoms. The Labute approximate surface area is 178 Å². The van der Waals surface area contributed by atoms with E-state index in [2.05, 4.69) is 17.6 Å². The molecule has 0 aliphatic carbocycles. The molecule has 0 spiro atoms. The average Bonchev–Trinajstić information content (AvgIpc) is 2.78. The summed E-state index contributed by atoms with van der Waals surface area (Å²) in [6.07, 6.45) is 2.14. The molecule has 2 N–H and O–H groups in total. The number of carbonyl (C=O) groups excluding carboxylic acids is 2. The number of nitrogens with zero attached hydrogens (tertiary/aromatic N) is 1. The highest BCUT2D eigenvalue weighted by molar-refractivity contribution is 5.90. The molecule has 160 valence electrons. The van der Waals surface area contributed by atoms with Crippen LogP contribution in [0.5, 0.6) is 5.75 Å². The van der Waals surface area contributed by atoms with Crippen LogP contribution in [0.15, 0.2) is 48.5 Å². The molecule has 0 bridgehead atoms. The molecule has 0 atom stereocenters. The lowest BCUT2D eigenvalue weighted by Gasteiger charge is -2.38. The third-order valence-corrected chi connectivity index (χ3v) is 5.93. The van der Waals surface area contributed by atoms with Crippen LogP contribution in [0, 0.1) is 5.41 Å². The van der Waals surface area contributed by atoms with Gasteiger partial charge in [0, 0.05) is 30.7 Å². The van der Waals surface area contributed by atoms with Gasteiger partial charge < -0.3 is 20.3 Å². The fourth-order valence-electron chi connectivity index (χ4n) is 3.75. The standard InChI is InChI=1S/C24H31N3O3/c1-4-19-9-5-6-11-21(19)26-23(29)27-14-12-24(2,13-15-27)22(28)25-17-18-8-7-10-20(16-18)30-3/h5-11,16H,4,12-15,17H2,1-3H3,(H,25,28)(H,26,29). The number of carbonyl (C=O) groups is 2. The molecule has 1 fully saturated rings. The van der Waals surface area contributed by atoms with Crippen LogP contribution in [-0.2, 0) is 17.8 Å². The van der Waals surface area contributed by atoms with Crippen LogP contribution >= 0.6 is 0 Å². The van der Waals surface area contributed by atoms with Crippen molar-refractivity contribution in [1.29, 1.82) is 0 Å². The van der Waals surface area contributed by atoms with E-state index in [1.54, 1.807) is 12.0 Å². The van der Waals surface area contributed by atoms with Crippen LogP contribution in [0.25, 0.3) is 0 Å². The molecule has 1 saturated heterocycles. The molecule has 1 heterocycles. The summed E-state index contributed by atoms with van der Waals surface area (Å²) >= 11 is 0. The zero-order chi connectivity index (χ0) is 21.6. The van der Waals surface area contributed by atoms with Crippen molar-refractivity contribution in [3.8, 4) is 5.75 Å². The van der Waals surface area contributed by atoms with Gasteiger partial charge in [0.1, 0.15) is 5.75 Å². The second kappa shape index (κ2) is 9.65. The van der Waals surface area contributed by atoms with Crippen LogP contribution in [0.1, 0.15) is 37.8 Å². The van der Waals surface area contributed by atoms with E-state index in [9.17, 15) is 9.59 Å². The Kier molecular flexibility index (Phi) is 6.98. The normalized spacial score (nSPS) is 15.4. The van der Waals surface area contributed by atoms with Crippen molar-refractivity contribution in [2.24, 2.45) is 5.41 Å². The largest absolute Gasteiger partial charge is 0.497 e. The first-order valence-corrected chi connectivity index (χ1v) is 10.5. The van der Waals surface area contributed by atoms with Crippen molar-refractivity contribution in [1.82, 2.24) is 10.2 Å². The molecule has 0 unspecified atom stereocenters. The van der Waals surface area contributed by atoms with E-state index < -0.39 is 5.41 Å². The van der Waals surface area contributed by atoms with Crippen molar-refractivity contribution in [3.63, 3.8) is 0 Å². The number of nitrogens with one attached hydrogen (secondary N) is 2. The van der Waals surface area contributed by atoms with E-state index in [1.165, 1.54) is 0 Å². The maximum atomic E-state index is 12.8. The molecular weight excluding hydrogens is 378 g/mol. The summed E-state index contributed by atoms with van der Waals surface area (Å²) in [5, 5.41) is 6.07. The predicted molar refractivity (Wildman–Crippen MR) is 119 cm³/mol. The van der Waals surface area contributed by atoms with E-state index in [4.69, 9.17) is 4.74 Å².